The van der Waals surface area contributed by atoms with Gasteiger partial charge in [-0.15, -0.1) is 0 Å². The molecule has 0 bridgehead atoms. The molecule has 0 aliphatic heterocycles. The van der Waals surface area contributed by atoms with E-state index in [0.29, 0.717) is 13.2 Å². The third-order valence-corrected chi connectivity index (χ3v) is 2.03. The monoisotopic (exact) mass is 204 g/mol. The average molecular weight is 204 g/mol. The van der Waals surface area contributed by atoms with Crippen molar-refractivity contribution >= 4 is 0 Å². The van der Waals surface area contributed by atoms with Gasteiger partial charge in [-0.1, -0.05) is 0 Å². The first-order valence-corrected chi connectivity index (χ1v) is 5.06. The highest BCUT2D eigenvalue weighted by Crippen LogP contribution is 1.93. The molecule has 0 heterocycles. The molecule has 0 rings (SSSR count). The van der Waals surface area contributed by atoms with Crippen LogP contribution in [0.5, 0.6) is 0 Å². The highest BCUT2D eigenvalue weighted by molar-refractivity contribution is 4.60. The van der Waals surface area contributed by atoms with Crippen molar-refractivity contribution in [2.75, 3.05) is 54.5 Å². The number of hydrogen-bond acceptors (Lipinski definition) is 4. The molecule has 0 amide bonds. The van der Waals surface area contributed by atoms with Gasteiger partial charge in [0, 0.05) is 13.7 Å². The molecule has 14 heavy (non-hydrogen) atoms. The Morgan fingerprint density at radius 2 is 1.86 bits per heavy atom. The second-order valence-corrected chi connectivity index (χ2v) is 4.03. The maximum Gasteiger partial charge on any atom is 0.0899 e. The van der Waals surface area contributed by atoms with Crippen LogP contribution in [0.3, 0.4) is 0 Å². The number of aliphatic hydroxyl groups is 1. The lowest BCUT2D eigenvalue weighted by molar-refractivity contribution is 0.0428. The van der Waals surface area contributed by atoms with Crippen molar-refractivity contribution in [2.24, 2.45) is 0 Å². The van der Waals surface area contributed by atoms with Crippen LogP contribution in [0, 0.1) is 0 Å². The van der Waals surface area contributed by atoms with Gasteiger partial charge in [0.15, 0.2) is 0 Å². The molecule has 0 aromatic rings. The van der Waals surface area contributed by atoms with E-state index in [9.17, 15) is 5.11 Å². The summed E-state index contributed by atoms with van der Waals surface area (Å²) in [4.78, 5) is 4.30. The molecule has 0 spiro atoms. The standard InChI is InChI=1S/C10H24N2O2/c1-11(2)6-5-7-12(3)8-10(13)9-14-4/h10,13H,5-9H2,1-4H3. The van der Waals surface area contributed by atoms with Crippen LogP contribution in [0.2, 0.25) is 0 Å². The quantitative estimate of drug-likeness (QED) is 0.598. The molecule has 4 heteroatoms. The Labute approximate surface area is 87.5 Å². The number of nitrogens with zero attached hydrogens (tertiary/aromatic N) is 2. The van der Waals surface area contributed by atoms with Crippen LogP contribution >= 0.6 is 0 Å². The normalized spacial score (nSPS) is 13.9. The minimum atomic E-state index is -0.371. The number of ether oxygens (including phenoxy) is 1. The topological polar surface area (TPSA) is 35.9 Å². The fourth-order valence-electron chi connectivity index (χ4n) is 1.35. The summed E-state index contributed by atoms with van der Waals surface area (Å²) in [7, 11) is 7.77. The summed E-state index contributed by atoms with van der Waals surface area (Å²) < 4.78 is 4.86. The van der Waals surface area contributed by atoms with Gasteiger partial charge in [-0.25, -0.2) is 0 Å². The van der Waals surface area contributed by atoms with Crippen molar-refractivity contribution in [3.63, 3.8) is 0 Å². The molecule has 4 nitrogen and oxygen atoms in total. The molecule has 0 saturated carbocycles. The molecular formula is C10H24N2O2. The summed E-state index contributed by atoms with van der Waals surface area (Å²) >= 11 is 0. The Balaban J connectivity index is 3.39. The number of methoxy groups -OCH3 is 1. The Hall–Kier alpha value is -0.160. The third kappa shape index (κ3) is 8.44. The third-order valence-electron chi connectivity index (χ3n) is 2.03. The van der Waals surface area contributed by atoms with Crippen LogP contribution in [-0.2, 0) is 4.74 Å². The van der Waals surface area contributed by atoms with Crippen LogP contribution in [0.25, 0.3) is 0 Å². The summed E-state index contributed by atoms with van der Waals surface area (Å²) in [5.41, 5.74) is 0. The first-order valence-electron chi connectivity index (χ1n) is 5.06. The van der Waals surface area contributed by atoms with Gasteiger partial charge in [-0.3, -0.25) is 0 Å². The van der Waals surface area contributed by atoms with Crippen molar-refractivity contribution in [3.05, 3.63) is 0 Å². The maximum atomic E-state index is 9.45. The predicted molar refractivity (Wildman–Crippen MR) is 58.6 cm³/mol. The molecular weight excluding hydrogens is 180 g/mol. The zero-order chi connectivity index (χ0) is 11.0. The zero-order valence-electron chi connectivity index (χ0n) is 9.86. The van der Waals surface area contributed by atoms with E-state index in [-0.39, 0.29) is 6.10 Å². The highest BCUT2D eigenvalue weighted by Gasteiger charge is 2.07. The van der Waals surface area contributed by atoms with E-state index in [0.717, 1.165) is 19.5 Å². The molecule has 0 aromatic heterocycles. The van der Waals surface area contributed by atoms with E-state index < -0.39 is 0 Å². The Morgan fingerprint density at radius 3 is 2.36 bits per heavy atom. The van der Waals surface area contributed by atoms with Gasteiger partial charge < -0.3 is 19.6 Å². The molecule has 1 unspecified atom stereocenters. The number of likely N-dealkylation sites (N-methyl/N-ethyl adjacent to an activating group) is 1. The fourth-order valence-corrected chi connectivity index (χ4v) is 1.35. The van der Waals surface area contributed by atoms with E-state index in [1.165, 1.54) is 0 Å². The van der Waals surface area contributed by atoms with E-state index in [4.69, 9.17) is 4.74 Å². The fraction of sp³-hybridized carbons (Fsp3) is 1.00. The largest absolute Gasteiger partial charge is 0.389 e. The first-order chi connectivity index (χ1) is 6.56. The molecule has 86 valence electrons. The molecule has 0 aliphatic carbocycles. The van der Waals surface area contributed by atoms with Gasteiger partial charge >= 0.3 is 0 Å². The van der Waals surface area contributed by atoms with Crippen LogP contribution in [-0.4, -0.2) is 75.5 Å². The van der Waals surface area contributed by atoms with Gasteiger partial charge in [0.25, 0.3) is 0 Å². The summed E-state index contributed by atoms with van der Waals surface area (Å²) in [6, 6.07) is 0. The Kier molecular flexibility index (Phi) is 8.08. The molecule has 0 fully saturated rings. The van der Waals surface area contributed by atoms with Crippen LogP contribution in [0.15, 0.2) is 0 Å². The van der Waals surface area contributed by atoms with Crippen molar-refractivity contribution < 1.29 is 9.84 Å². The van der Waals surface area contributed by atoms with Crippen LogP contribution in [0.1, 0.15) is 6.42 Å². The minimum Gasteiger partial charge on any atom is -0.389 e. The van der Waals surface area contributed by atoms with Gasteiger partial charge in [-0.2, -0.15) is 0 Å². The summed E-state index contributed by atoms with van der Waals surface area (Å²) in [6.07, 6.45) is 0.757. The van der Waals surface area contributed by atoms with Gasteiger partial charge in [0.1, 0.15) is 0 Å². The molecule has 1 atom stereocenters. The summed E-state index contributed by atoms with van der Waals surface area (Å²) in [5.74, 6) is 0. The molecule has 0 saturated heterocycles. The summed E-state index contributed by atoms with van der Waals surface area (Å²) in [6.45, 7) is 3.20. The highest BCUT2D eigenvalue weighted by atomic mass is 16.5. The first kappa shape index (κ1) is 13.8. The smallest absolute Gasteiger partial charge is 0.0899 e. The molecule has 0 aliphatic rings. The second-order valence-electron chi connectivity index (χ2n) is 4.03. The summed E-state index contributed by atoms with van der Waals surface area (Å²) in [5, 5.41) is 9.45. The van der Waals surface area contributed by atoms with E-state index in [1.54, 1.807) is 7.11 Å². The SMILES string of the molecule is COCC(O)CN(C)CCCN(C)C. The van der Waals surface area contributed by atoms with Crippen molar-refractivity contribution in [3.8, 4) is 0 Å². The number of hydrogen-bond donors (Lipinski definition) is 1. The van der Waals surface area contributed by atoms with Gasteiger partial charge in [-0.05, 0) is 40.7 Å². The minimum absolute atomic E-state index is 0.371. The van der Waals surface area contributed by atoms with Crippen molar-refractivity contribution in [1.29, 1.82) is 0 Å². The van der Waals surface area contributed by atoms with E-state index in [1.807, 2.05) is 7.05 Å². The van der Waals surface area contributed by atoms with E-state index >= 15 is 0 Å². The molecule has 1 N–H and O–H groups in total. The van der Waals surface area contributed by atoms with Crippen LogP contribution in [0.4, 0.5) is 0 Å². The average Bonchev–Trinajstić information content (AvgIpc) is 2.03. The maximum absolute atomic E-state index is 9.45. The van der Waals surface area contributed by atoms with Crippen molar-refractivity contribution in [2.45, 2.75) is 12.5 Å². The number of rotatable bonds is 8. The van der Waals surface area contributed by atoms with Crippen LogP contribution < -0.4 is 0 Å². The Morgan fingerprint density at radius 1 is 1.21 bits per heavy atom. The number of aliphatic hydroxyl groups excluding tert-OH is 1. The Bertz CT molecular complexity index is 131. The van der Waals surface area contributed by atoms with Crippen molar-refractivity contribution in [1.82, 2.24) is 9.80 Å². The molecule has 0 aromatic carbocycles. The lowest BCUT2D eigenvalue weighted by Gasteiger charge is -2.20. The lowest BCUT2D eigenvalue weighted by Crippen LogP contribution is -2.33. The van der Waals surface area contributed by atoms with Gasteiger partial charge in [0.2, 0.25) is 0 Å². The lowest BCUT2D eigenvalue weighted by atomic mass is 10.3. The van der Waals surface area contributed by atoms with E-state index in [2.05, 4.69) is 23.9 Å². The van der Waals surface area contributed by atoms with Gasteiger partial charge in [0.05, 0.1) is 12.7 Å². The molecule has 0 radical (unpaired) electrons. The second kappa shape index (κ2) is 8.17. The zero-order valence-corrected chi connectivity index (χ0v) is 9.86. The predicted octanol–water partition coefficient (Wildman–Crippen LogP) is -0.123.